The molecule has 148 valence electrons. The van der Waals surface area contributed by atoms with Crippen LogP contribution >= 0.6 is 0 Å². The molecule has 0 spiro atoms. The number of aromatic nitrogens is 2. The van der Waals surface area contributed by atoms with E-state index in [0.29, 0.717) is 6.61 Å². The standard InChI is InChI=1S/C24H25N3O2/c1-3-17(2)25-24(28)15-27-22-11-7-6-10-21(22)26-23(27)16-29-20-13-12-18-8-4-5-9-19(18)14-20/h4-14,17H,3,15-16H2,1-2H3,(H,25,28). The summed E-state index contributed by atoms with van der Waals surface area (Å²) >= 11 is 0. The molecule has 0 aliphatic heterocycles. The molecule has 1 aromatic heterocycles. The molecule has 4 rings (SSSR count). The second kappa shape index (κ2) is 8.35. The van der Waals surface area contributed by atoms with Gasteiger partial charge in [-0.3, -0.25) is 4.79 Å². The van der Waals surface area contributed by atoms with Gasteiger partial charge >= 0.3 is 0 Å². The van der Waals surface area contributed by atoms with Gasteiger partial charge in [0.2, 0.25) is 5.91 Å². The fourth-order valence-corrected chi connectivity index (χ4v) is 3.38. The van der Waals surface area contributed by atoms with Gasteiger partial charge in [0, 0.05) is 6.04 Å². The summed E-state index contributed by atoms with van der Waals surface area (Å²) in [5.41, 5.74) is 1.80. The van der Waals surface area contributed by atoms with Crippen LogP contribution < -0.4 is 10.1 Å². The fourth-order valence-electron chi connectivity index (χ4n) is 3.38. The van der Waals surface area contributed by atoms with Gasteiger partial charge in [0.1, 0.15) is 24.7 Å². The van der Waals surface area contributed by atoms with Crippen molar-refractivity contribution in [3.63, 3.8) is 0 Å². The monoisotopic (exact) mass is 387 g/mol. The molecule has 1 amide bonds. The van der Waals surface area contributed by atoms with Gasteiger partial charge < -0.3 is 14.6 Å². The van der Waals surface area contributed by atoms with Crippen molar-refractivity contribution in [2.75, 3.05) is 0 Å². The average molecular weight is 387 g/mol. The summed E-state index contributed by atoms with van der Waals surface area (Å²) in [6.07, 6.45) is 0.897. The number of benzene rings is 3. The molecule has 3 aromatic carbocycles. The Morgan fingerprint density at radius 3 is 2.66 bits per heavy atom. The molecule has 1 N–H and O–H groups in total. The predicted molar refractivity (Wildman–Crippen MR) is 116 cm³/mol. The Balaban J connectivity index is 1.58. The summed E-state index contributed by atoms with van der Waals surface area (Å²) in [6, 6.07) is 22.2. The zero-order chi connectivity index (χ0) is 20.2. The van der Waals surface area contributed by atoms with Crippen LogP contribution in [0.15, 0.2) is 66.7 Å². The van der Waals surface area contributed by atoms with Crippen molar-refractivity contribution in [3.8, 4) is 5.75 Å². The summed E-state index contributed by atoms with van der Waals surface area (Å²) in [7, 11) is 0. The summed E-state index contributed by atoms with van der Waals surface area (Å²) in [5.74, 6) is 1.50. The van der Waals surface area contributed by atoms with E-state index >= 15 is 0 Å². The molecule has 1 heterocycles. The number of hydrogen-bond acceptors (Lipinski definition) is 3. The molecule has 1 unspecified atom stereocenters. The lowest BCUT2D eigenvalue weighted by Crippen LogP contribution is -2.35. The molecule has 0 fully saturated rings. The van der Waals surface area contributed by atoms with E-state index in [9.17, 15) is 4.79 Å². The molecule has 5 nitrogen and oxygen atoms in total. The number of amides is 1. The highest BCUT2D eigenvalue weighted by Crippen LogP contribution is 2.22. The number of nitrogens with one attached hydrogen (secondary N) is 1. The Morgan fingerprint density at radius 1 is 1.07 bits per heavy atom. The van der Waals surface area contributed by atoms with Crippen molar-refractivity contribution in [2.45, 2.75) is 39.5 Å². The summed E-state index contributed by atoms with van der Waals surface area (Å²) in [4.78, 5) is 17.2. The summed E-state index contributed by atoms with van der Waals surface area (Å²) < 4.78 is 7.98. The molecule has 0 aliphatic carbocycles. The lowest BCUT2D eigenvalue weighted by atomic mass is 10.1. The number of fused-ring (bicyclic) bond motifs is 2. The molecule has 29 heavy (non-hydrogen) atoms. The van der Waals surface area contributed by atoms with Gasteiger partial charge in [0.05, 0.1) is 11.0 Å². The smallest absolute Gasteiger partial charge is 0.240 e. The van der Waals surface area contributed by atoms with Gasteiger partial charge in [-0.1, -0.05) is 49.4 Å². The second-order valence-electron chi connectivity index (χ2n) is 7.28. The highest BCUT2D eigenvalue weighted by molar-refractivity contribution is 5.84. The first-order valence-corrected chi connectivity index (χ1v) is 9.99. The fraction of sp³-hybridized carbons (Fsp3) is 0.250. The number of carbonyl (C=O) groups excluding carboxylic acids is 1. The number of nitrogens with zero attached hydrogens (tertiary/aromatic N) is 2. The number of carbonyl (C=O) groups is 1. The topological polar surface area (TPSA) is 56.2 Å². The van der Waals surface area contributed by atoms with Crippen LogP contribution in [-0.4, -0.2) is 21.5 Å². The molecule has 0 aliphatic rings. The summed E-state index contributed by atoms with van der Waals surface area (Å²) in [6.45, 7) is 4.58. The van der Waals surface area contributed by atoms with Crippen molar-refractivity contribution in [2.24, 2.45) is 0 Å². The molecule has 1 atom stereocenters. The molecule has 5 heteroatoms. The third-order valence-corrected chi connectivity index (χ3v) is 5.14. The van der Waals surface area contributed by atoms with E-state index in [4.69, 9.17) is 9.72 Å². The third-order valence-electron chi connectivity index (χ3n) is 5.14. The van der Waals surface area contributed by atoms with Crippen LogP contribution in [-0.2, 0) is 17.9 Å². The zero-order valence-electron chi connectivity index (χ0n) is 16.8. The maximum Gasteiger partial charge on any atom is 0.240 e. The Kier molecular flexibility index (Phi) is 5.47. The molecule has 4 aromatic rings. The first-order chi connectivity index (χ1) is 14.1. The van der Waals surface area contributed by atoms with Crippen molar-refractivity contribution < 1.29 is 9.53 Å². The second-order valence-corrected chi connectivity index (χ2v) is 7.28. The van der Waals surface area contributed by atoms with E-state index in [2.05, 4.69) is 24.4 Å². The molecule has 0 saturated heterocycles. The number of para-hydroxylation sites is 2. The maximum atomic E-state index is 12.5. The van der Waals surface area contributed by atoms with E-state index in [-0.39, 0.29) is 18.5 Å². The predicted octanol–water partition coefficient (Wildman–Crippen LogP) is 4.68. The van der Waals surface area contributed by atoms with E-state index in [0.717, 1.165) is 34.4 Å². The first kappa shape index (κ1) is 19.0. The van der Waals surface area contributed by atoms with Crippen LogP contribution in [0.3, 0.4) is 0 Å². The molecule has 0 bridgehead atoms. The molecular weight excluding hydrogens is 362 g/mol. The van der Waals surface area contributed by atoms with E-state index in [1.165, 1.54) is 5.39 Å². The van der Waals surface area contributed by atoms with Crippen molar-refractivity contribution in [1.29, 1.82) is 0 Å². The molecular formula is C24H25N3O2. The molecule has 0 saturated carbocycles. The van der Waals surface area contributed by atoms with Crippen LogP contribution in [0.1, 0.15) is 26.1 Å². The minimum Gasteiger partial charge on any atom is -0.486 e. The largest absolute Gasteiger partial charge is 0.486 e. The van der Waals surface area contributed by atoms with Crippen LogP contribution in [0.2, 0.25) is 0 Å². The number of imidazole rings is 1. The van der Waals surface area contributed by atoms with Crippen molar-refractivity contribution >= 4 is 27.7 Å². The lowest BCUT2D eigenvalue weighted by Gasteiger charge is -2.14. The van der Waals surface area contributed by atoms with E-state index in [1.54, 1.807) is 0 Å². The lowest BCUT2D eigenvalue weighted by molar-refractivity contribution is -0.122. The third kappa shape index (κ3) is 4.24. The van der Waals surface area contributed by atoms with E-state index in [1.807, 2.05) is 66.1 Å². The Morgan fingerprint density at radius 2 is 1.83 bits per heavy atom. The van der Waals surface area contributed by atoms with Gasteiger partial charge in [-0.25, -0.2) is 4.98 Å². The van der Waals surface area contributed by atoms with Gasteiger partial charge in [-0.15, -0.1) is 0 Å². The number of ether oxygens (including phenoxy) is 1. The van der Waals surface area contributed by atoms with Gasteiger partial charge in [-0.2, -0.15) is 0 Å². The minimum atomic E-state index is -0.0190. The van der Waals surface area contributed by atoms with Gasteiger partial charge in [0.25, 0.3) is 0 Å². The number of hydrogen-bond donors (Lipinski definition) is 1. The zero-order valence-corrected chi connectivity index (χ0v) is 16.8. The van der Waals surface area contributed by atoms with Crippen LogP contribution in [0.5, 0.6) is 5.75 Å². The average Bonchev–Trinajstić information content (AvgIpc) is 3.09. The maximum absolute atomic E-state index is 12.5. The van der Waals surface area contributed by atoms with Crippen LogP contribution in [0.25, 0.3) is 21.8 Å². The van der Waals surface area contributed by atoms with Crippen molar-refractivity contribution in [3.05, 3.63) is 72.6 Å². The molecule has 0 radical (unpaired) electrons. The Hall–Kier alpha value is -3.34. The van der Waals surface area contributed by atoms with Crippen LogP contribution in [0, 0.1) is 0 Å². The SMILES string of the molecule is CCC(C)NC(=O)Cn1c(COc2ccc3ccccc3c2)nc2ccccc21. The van der Waals surface area contributed by atoms with Gasteiger partial charge in [0.15, 0.2) is 0 Å². The number of rotatable bonds is 7. The minimum absolute atomic E-state index is 0.0190. The quantitative estimate of drug-likeness (QED) is 0.501. The van der Waals surface area contributed by atoms with Crippen molar-refractivity contribution in [1.82, 2.24) is 14.9 Å². The van der Waals surface area contributed by atoms with E-state index < -0.39 is 0 Å². The highest BCUT2D eigenvalue weighted by Gasteiger charge is 2.15. The first-order valence-electron chi connectivity index (χ1n) is 9.99. The summed E-state index contributed by atoms with van der Waals surface area (Å²) in [5, 5.41) is 5.33. The van der Waals surface area contributed by atoms with Crippen LogP contribution in [0.4, 0.5) is 0 Å². The van der Waals surface area contributed by atoms with Gasteiger partial charge in [-0.05, 0) is 48.4 Å². The Bertz CT molecular complexity index is 1150. The normalized spacial score (nSPS) is 12.2. The highest BCUT2D eigenvalue weighted by atomic mass is 16.5. The Labute approximate surface area is 170 Å².